The quantitative estimate of drug-likeness (QED) is 0.632. The Labute approximate surface area is 105 Å². The third-order valence-electron chi connectivity index (χ3n) is 2.78. The first-order valence-corrected chi connectivity index (χ1v) is 5.80. The normalized spacial score (nSPS) is 14.7. The second kappa shape index (κ2) is 5.50. The average molecular weight is 248 g/mol. The van der Waals surface area contributed by atoms with E-state index >= 15 is 0 Å². The highest BCUT2D eigenvalue weighted by Crippen LogP contribution is 2.15. The maximum Gasteiger partial charge on any atom is 0.316 e. The van der Waals surface area contributed by atoms with Gasteiger partial charge in [0, 0.05) is 17.8 Å². The predicted molar refractivity (Wildman–Crippen MR) is 69.3 cm³/mol. The summed E-state index contributed by atoms with van der Waals surface area (Å²) in [5.41, 5.74) is 6.31. The molecule has 18 heavy (non-hydrogen) atoms. The Kier molecular flexibility index (Phi) is 3.78. The van der Waals surface area contributed by atoms with Gasteiger partial charge in [0.1, 0.15) is 0 Å². The van der Waals surface area contributed by atoms with E-state index in [2.05, 4.69) is 16.0 Å². The zero-order valence-electron chi connectivity index (χ0n) is 9.90. The molecule has 0 unspecified atom stereocenters. The van der Waals surface area contributed by atoms with E-state index in [9.17, 15) is 9.59 Å². The van der Waals surface area contributed by atoms with Crippen LogP contribution in [-0.2, 0) is 4.79 Å². The van der Waals surface area contributed by atoms with E-state index in [1.807, 2.05) is 0 Å². The molecule has 1 heterocycles. The first-order chi connectivity index (χ1) is 8.63. The number of urea groups is 1. The molecule has 1 saturated heterocycles. The number of carbonyl (C=O) groups excluding carboxylic acids is 2. The lowest BCUT2D eigenvalue weighted by molar-refractivity contribution is -0.117. The summed E-state index contributed by atoms with van der Waals surface area (Å²) in [7, 11) is 0. The van der Waals surface area contributed by atoms with Gasteiger partial charge in [0.05, 0.1) is 0 Å². The molecule has 1 aliphatic heterocycles. The Hall–Kier alpha value is -2.08. The summed E-state index contributed by atoms with van der Waals surface area (Å²) in [4.78, 5) is 22.3. The standard InChI is InChI=1S/C12H16N4O2/c13-12(18)16-10-3-1-9(2-4-10)15-11(17)5-8-6-14-7-8/h1-4,8,14H,5-7H2,(H,15,17)(H3,13,16,18). The number of nitrogens with one attached hydrogen (secondary N) is 3. The molecule has 1 aromatic rings. The third-order valence-corrected chi connectivity index (χ3v) is 2.78. The molecule has 0 aliphatic carbocycles. The van der Waals surface area contributed by atoms with E-state index in [0.29, 0.717) is 23.7 Å². The number of hydrogen-bond acceptors (Lipinski definition) is 3. The second-order valence-electron chi connectivity index (χ2n) is 4.34. The summed E-state index contributed by atoms with van der Waals surface area (Å²) in [6.45, 7) is 1.82. The van der Waals surface area contributed by atoms with E-state index < -0.39 is 6.03 Å². The van der Waals surface area contributed by atoms with Crippen LogP contribution in [0.15, 0.2) is 24.3 Å². The van der Waals surface area contributed by atoms with Crippen LogP contribution in [0.2, 0.25) is 0 Å². The van der Waals surface area contributed by atoms with Crippen LogP contribution < -0.4 is 21.7 Å². The van der Waals surface area contributed by atoms with Gasteiger partial charge in [0.25, 0.3) is 0 Å². The SMILES string of the molecule is NC(=O)Nc1ccc(NC(=O)CC2CNC2)cc1. The van der Waals surface area contributed by atoms with Gasteiger partial charge in [-0.3, -0.25) is 4.79 Å². The molecule has 0 saturated carbocycles. The lowest BCUT2D eigenvalue weighted by atomic mass is 9.99. The number of benzene rings is 1. The van der Waals surface area contributed by atoms with Gasteiger partial charge < -0.3 is 21.7 Å². The van der Waals surface area contributed by atoms with Crippen LogP contribution in [0.25, 0.3) is 0 Å². The van der Waals surface area contributed by atoms with Crippen molar-refractivity contribution in [3.8, 4) is 0 Å². The molecular formula is C12H16N4O2. The number of carbonyl (C=O) groups is 2. The number of anilines is 2. The maximum atomic E-state index is 11.6. The molecule has 96 valence electrons. The van der Waals surface area contributed by atoms with Gasteiger partial charge in [-0.15, -0.1) is 0 Å². The molecule has 0 atom stereocenters. The van der Waals surface area contributed by atoms with Crippen molar-refractivity contribution < 1.29 is 9.59 Å². The molecule has 2 rings (SSSR count). The van der Waals surface area contributed by atoms with Crippen molar-refractivity contribution in [2.75, 3.05) is 23.7 Å². The molecule has 6 heteroatoms. The molecular weight excluding hydrogens is 232 g/mol. The molecule has 6 nitrogen and oxygen atoms in total. The fourth-order valence-corrected chi connectivity index (χ4v) is 1.75. The number of hydrogen-bond donors (Lipinski definition) is 4. The fraction of sp³-hybridized carbons (Fsp3) is 0.333. The van der Waals surface area contributed by atoms with Gasteiger partial charge in [-0.1, -0.05) is 0 Å². The van der Waals surface area contributed by atoms with Crippen LogP contribution in [-0.4, -0.2) is 25.0 Å². The van der Waals surface area contributed by atoms with Gasteiger partial charge in [0.15, 0.2) is 0 Å². The Morgan fingerprint density at radius 2 is 1.72 bits per heavy atom. The Morgan fingerprint density at radius 1 is 1.17 bits per heavy atom. The molecule has 0 radical (unpaired) electrons. The smallest absolute Gasteiger partial charge is 0.316 e. The van der Waals surface area contributed by atoms with Crippen LogP contribution >= 0.6 is 0 Å². The van der Waals surface area contributed by atoms with E-state index in [0.717, 1.165) is 13.1 Å². The molecule has 1 aromatic carbocycles. The molecule has 0 bridgehead atoms. The zero-order chi connectivity index (χ0) is 13.0. The lowest BCUT2D eigenvalue weighted by Crippen LogP contribution is -2.43. The summed E-state index contributed by atoms with van der Waals surface area (Å²) in [6.07, 6.45) is 0.536. The lowest BCUT2D eigenvalue weighted by Gasteiger charge is -2.26. The summed E-state index contributed by atoms with van der Waals surface area (Å²) in [5, 5.41) is 8.39. The molecule has 1 aliphatic rings. The first-order valence-electron chi connectivity index (χ1n) is 5.80. The maximum absolute atomic E-state index is 11.6. The highest BCUT2D eigenvalue weighted by Gasteiger charge is 2.19. The highest BCUT2D eigenvalue weighted by atomic mass is 16.2. The first kappa shape index (κ1) is 12.4. The van der Waals surface area contributed by atoms with Gasteiger partial charge in [0.2, 0.25) is 5.91 Å². The van der Waals surface area contributed by atoms with Gasteiger partial charge in [-0.2, -0.15) is 0 Å². The summed E-state index contributed by atoms with van der Waals surface area (Å²) in [5.74, 6) is 0.456. The van der Waals surface area contributed by atoms with Gasteiger partial charge in [-0.25, -0.2) is 4.79 Å². The van der Waals surface area contributed by atoms with E-state index in [4.69, 9.17) is 5.73 Å². The topological polar surface area (TPSA) is 96.2 Å². The molecule has 0 aromatic heterocycles. The van der Waals surface area contributed by atoms with Crippen LogP contribution in [0, 0.1) is 5.92 Å². The average Bonchev–Trinajstić information content (AvgIpc) is 2.26. The minimum atomic E-state index is -0.607. The Balaban J connectivity index is 1.85. The molecule has 1 fully saturated rings. The minimum Gasteiger partial charge on any atom is -0.351 e. The summed E-state index contributed by atoms with van der Waals surface area (Å²) in [6, 6.07) is 6.21. The molecule has 3 amide bonds. The Bertz CT molecular complexity index is 440. The largest absolute Gasteiger partial charge is 0.351 e. The van der Waals surface area contributed by atoms with Crippen molar-refractivity contribution in [3.63, 3.8) is 0 Å². The highest BCUT2D eigenvalue weighted by molar-refractivity contribution is 5.92. The van der Waals surface area contributed by atoms with Gasteiger partial charge >= 0.3 is 6.03 Å². The van der Waals surface area contributed by atoms with E-state index in [1.54, 1.807) is 24.3 Å². The van der Waals surface area contributed by atoms with Crippen LogP contribution in [0.5, 0.6) is 0 Å². The molecule has 0 spiro atoms. The van der Waals surface area contributed by atoms with E-state index in [-0.39, 0.29) is 5.91 Å². The fourth-order valence-electron chi connectivity index (χ4n) is 1.75. The van der Waals surface area contributed by atoms with Crippen molar-refractivity contribution in [1.29, 1.82) is 0 Å². The number of nitrogens with two attached hydrogens (primary N) is 1. The van der Waals surface area contributed by atoms with Crippen molar-refractivity contribution in [2.24, 2.45) is 11.7 Å². The Morgan fingerprint density at radius 3 is 2.17 bits per heavy atom. The van der Waals surface area contributed by atoms with Crippen LogP contribution in [0.1, 0.15) is 6.42 Å². The monoisotopic (exact) mass is 248 g/mol. The number of primary amides is 1. The van der Waals surface area contributed by atoms with Crippen LogP contribution in [0.3, 0.4) is 0 Å². The van der Waals surface area contributed by atoms with Crippen LogP contribution in [0.4, 0.5) is 16.2 Å². The second-order valence-corrected chi connectivity index (χ2v) is 4.34. The number of rotatable bonds is 4. The zero-order valence-corrected chi connectivity index (χ0v) is 9.90. The molecule has 5 N–H and O–H groups in total. The number of amides is 3. The predicted octanol–water partition coefficient (Wildman–Crippen LogP) is 0.725. The summed E-state index contributed by atoms with van der Waals surface area (Å²) >= 11 is 0. The van der Waals surface area contributed by atoms with Crippen molar-refractivity contribution >= 4 is 23.3 Å². The van der Waals surface area contributed by atoms with Crippen molar-refractivity contribution in [3.05, 3.63) is 24.3 Å². The van der Waals surface area contributed by atoms with Gasteiger partial charge in [-0.05, 0) is 43.3 Å². The minimum absolute atomic E-state index is 0.0112. The summed E-state index contributed by atoms with van der Waals surface area (Å²) < 4.78 is 0. The van der Waals surface area contributed by atoms with E-state index in [1.165, 1.54) is 0 Å². The third kappa shape index (κ3) is 3.46. The van der Waals surface area contributed by atoms with Crippen molar-refractivity contribution in [2.45, 2.75) is 6.42 Å². The van der Waals surface area contributed by atoms with Crippen molar-refractivity contribution in [1.82, 2.24) is 5.32 Å².